The van der Waals surface area contributed by atoms with Crippen LogP contribution in [0, 0.1) is 0 Å². The lowest BCUT2D eigenvalue weighted by molar-refractivity contribution is -0.137. The second kappa shape index (κ2) is 6.13. The van der Waals surface area contributed by atoms with Crippen LogP contribution in [-0.4, -0.2) is 10.8 Å². The van der Waals surface area contributed by atoms with Gasteiger partial charge in [0.2, 0.25) is 0 Å². The van der Waals surface area contributed by atoms with Crippen molar-refractivity contribution in [2.24, 2.45) is 0 Å². The summed E-state index contributed by atoms with van der Waals surface area (Å²) in [6, 6.07) is 8.62. The summed E-state index contributed by atoms with van der Waals surface area (Å²) in [5.41, 5.74) is 2.38. The zero-order valence-electron chi connectivity index (χ0n) is 13.0. The van der Waals surface area contributed by atoms with E-state index in [1.54, 1.807) is 11.0 Å². The van der Waals surface area contributed by atoms with Crippen molar-refractivity contribution in [3.8, 4) is 0 Å². The Balaban J connectivity index is 1.80. The van der Waals surface area contributed by atoms with Crippen LogP contribution in [0.3, 0.4) is 0 Å². The smallest absolute Gasteiger partial charge is 0.330 e. The number of hydrogen-bond donors (Lipinski definition) is 0. The molecule has 0 bridgehead atoms. The van der Waals surface area contributed by atoms with Gasteiger partial charge in [-0.05, 0) is 41.3 Å². The number of fused-ring (bicyclic) bond motifs is 1. The Morgan fingerprint density at radius 2 is 1.79 bits per heavy atom. The van der Waals surface area contributed by atoms with Gasteiger partial charge in [-0.15, -0.1) is 0 Å². The van der Waals surface area contributed by atoms with Crippen molar-refractivity contribution in [3.05, 3.63) is 69.2 Å². The highest BCUT2D eigenvalue weighted by Crippen LogP contribution is 2.33. The van der Waals surface area contributed by atoms with Crippen LogP contribution in [-0.2, 0) is 25.7 Å². The predicted molar refractivity (Wildman–Crippen MR) is 85.9 cm³/mol. The molecule has 1 aliphatic heterocycles. The summed E-state index contributed by atoms with van der Waals surface area (Å²) >= 11 is 6.22. The first-order valence-corrected chi connectivity index (χ1v) is 7.94. The summed E-state index contributed by atoms with van der Waals surface area (Å²) in [6.45, 7) is 2.68. The Bertz CT molecular complexity index is 784. The van der Waals surface area contributed by atoms with Crippen LogP contribution >= 0.6 is 11.6 Å². The third-order valence-corrected chi connectivity index (χ3v) is 4.46. The van der Waals surface area contributed by atoms with E-state index in [1.807, 2.05) is 13.0 Å². The molecule has 0 atom stereocenters. The first kappa shape index (κ1) is 16.8. The third-order valence-electron chi connectivity index (χ3n) is 4.16. The Morgan fingerprint density at radius 3 is 2.38 bits per heavy atom. The molecule has 0 fully saturated rings. The van der Waals surface area contributed by atoms with Crippen LogP contribution in [0.15, 0.2) is 36.4 Å². The molecule has 0 aromatic heterocycles. The second-order valence-corrected chi connectivity index (χ2v) is 6.23. The summed E-state index contributed by atoms with van der Waals surface area (Å²) in [5.74, 6) is -0.183. The van der Waals surface area contributed by atoms with E-state index < -0.39 is 11.7 Å². The quantitative estimate of drug-likeness (QED) is 0.753. The summed E-state index contributed by atoms with van der Waals surface area (Å²) in [6.07, 6.45) is -3.54. The molecule has 1 heterocycles. The molecule has 1 amide bonds. The van der Waals surface area contributed by atoms with Crippen molar-refractivity contribution in [1.82, 2.24) is 4.90 Å². The first-order chi connectivity index (χ1) is 11.3. The monoisotopic (exact) mass is 353 g/mol. The second-order valence-electron chi connectivity index (χ2n) is 5.82. The molecule has 2 nitrogen and oxygen atoms in total. The Kier molecular flexibility index (Phi) is 4.30. The average Bonchev–Trinajstić information content (AvgIpc) is 2.83. The highest BCUT2D eigenvalue weighted by atomic mass is 35.5. The fourth-order valence-electron chi connectivity index (χ4n) is 2.88. The maximum absolute atomic E-state index is 12.6. The molecule has 0 aliphatic carbocycles. The van der Waals surface area contributed by atoms with Gasteiger partial charge in [-0.3, -0.25) is 4.79 Å². The molecule has 6 heteroatoms. The topological polar surface area (TPSA) is 20.3 Å². The maximum Gasteiger partial charge on any atom is 0.416 e. The highest BCUT2D eigenvalue weighted by Gasteiger charge is 2.32. The molecule has 0 radical (unpaired) electrons. The standard InChI is InChI=1S/C18H15ClF3NO/c1-2-11-7-13-10-23(17(24)16(13)15(19)8-11)9-12-3-5-14(6-4-12)18(20,21)22/h3-8H,2,9-10H2,1H3. The fourth-order valence-corrected chi connectivity index (χ4v) is 3.22. The van der Waals surface area contributed by atoms with E-state index in [0.717, 1.165) is 29.7 Å². The van der Waals surface area contributed by atoms with Gasteiger partial charge in [0.15, 0.2) is 0 Å². The number of nitrogens with zero attached hydrogens (tertiary/aromatic N) is 1. The van der Waals surface area contributed by atoms with Crippen molar-refractivity contribution >= 4 is 17.5 Å². The van der Waals surface area contributed by atoms with E-state index in [1.165, 1.54) is 12.1 Å². The number of aryl methyl sites for hydroxylation is 1. The van der Waals surface area contributed by atoms with Gasteiger partial charge in [-0.1, -0.05) is 36.7 Å². The molecule has 0 saturated carbocycles. The van der Waals surface area contributed by atoms with Gasteiger partial charge in [0, 0.05) is 13.1 Å². The van der Waals surface area contributed by atoms with Gasteiger partial charge in [0.1, 0.15) is 0 Å². The zero-order valence-corrected chi connectivity index (χ0v) is 13.7. The first-order valence-electron chi connectivity index (χ1n) is 7.56. The SMILES string of the molecule is CCc1cc(Cl)c2c(c1)CN(Cc1ccc(C(F)(F)F)cc1)C2=O. The van der Waals surface area contributed by atoms with Crippen LogP contribution < -0.4 is 0 Å². The van der Waals surface area contributed by atoms with Crippen molar-refractivity contribution in [3.63, 3.8) is 0 Å². The number of rotatable bonds is 3. The van der Waals surface area contributed by atoms with Crippen molar-refractivity contribution in [2.75, 3.05) is 0 Å². The molecule has 3 rings (SSSR count). The van der Waals surface area contributed by atoms with Crippen LogP contribution in [0.4, 0.5) is 13.2 Å². The molecule has 0 spiro atoms. The lowest BCUT2D eigenvalue weighted by Crippen LogP contribution is -2.23. The molecule has 0 unspecified atom stereocenters. The Morgan fingerprint density at radius 1 is 1.12 bits per heavy atom. The fraction of sp³-hybridized carbons (Fsp3) is 0.278. The molecular formula is C18H15ClF3NO. The van der Waals surface area contributed by atoms with Crippen LogP contribution in [0.1, 0.15) is 39.5 Å². The maximum atomic E-state index is 12.6. The van der Waals surface area contributed by atoms with Crippen molar-refractivity contribution in [2.45, 2.75) is 32.6 Å². The van der Waals surface area contributed by atoms with Crippen LogP contribution in [0.2, 0.25) is 5.02 Å². The van der Waals surface area contributed by atoms with Crippen LogP contribution in [0.5, 0.6) is 0 Å². The average molecular weight is 354 g/mol. The Hall–Kier alpha value is -2.01. The van der Waals surface area contributed by atoms with Crippen LogP contribution in [0.25, 0.3) is 0 Å². The molecule has 0 saturated heterocycles. The van der Waals surface area contributed by atoms with Gasteiger partial charge in [0.05, 0.1) is 16.1 Å². The number of benzene rings is 2. The van der Waals surface area contributed by atoms with E-state index in [-0.39, 0.29) is 12.5 Å². The largest absolute Gasteiger partial charge is 0.416 e. The number of carbonyl (C=O) groups is 1. The molecule has 126 valence electrons. The molecule has 0 N–H and O–H groups in total. The van der Waals surface area contributed by atoms with E-state index >= 15 is 0 Å². The summed E-state index contributed by atoms with van der Waals surface area (Å²) in [7, 11) is 0. The lowest BCUT2D eigenvalue weighted by Gasteiger charge is -2.16. The normalized spacial score (nSPS) is 14.2. The lowest BCUT2D eigenvalue weighted by atomic mass is 10.0. The number of amides is 1. The van der Waals surface area contributed by atoms with Gasteiger partial charge in [-0.25, -0.2) is 0 Å². The van der Waals surface area contributed by atoms with E-state index in [4.69, 9.17) is 11.6 Å². The molecule has 2 aromatic rings. The molecule has 24 heavy (non-hydrogen) atoms. The van der Waals surface area contributed by atoms with E-state index in [0.29, 0.717) is 22.7 Å². The van der Waals surface area contributed by atoms with E-state index in [2.05, 4.69) is 0 Å². The van der Waals surface area contributed by atoms with Crippen molar-refractivity contribution in [1.29, 1.82) is 0 Å². The molecule has 2 aromatic carbocycles. The third kappa shape index (κ3) is 3.13. The number of hydrogen-bond acceptors (Lipinski definition) is 1. The number of carbonyl (C=O) groups excluding carboxylic acids is 1. The molecule has 1 aliphatic rings. The predicted octanol–water partition coefficient (Wildman–Crippen LogP) is 5.08. The number of halogens is 4. The minimum atomic E-state index is -4.36. The number of alkyl halides is 3. The van der Waals surface area contributed by atoms with Crippen molar-refractivity contribution < 1.29 is 18.0 Å². The Labute approximate surface area is 142 Å². The summed E-state index contributed by atoms with van der Waals surface area (Å²) in [4.78, 5) is 14.1. The molecular weight excluding hydrogens is 339 g/mol. The van der Waals surface area contributed by atoms with Gasteiger partial charge in [-0.2, -0.15) is 13.2 Å². The minimum Gasteiger partial charge on any atom is -0.330 e. The van der Waals surface area contributed by atoms with Gasteiger partial charge >= 0.3 is 6.18 Å². The highest BCUT2D eigenvalue weighted by molar-refractivity contribution is 6.34. The zero-order chi connectivity index (χ0) is 17.5. The van der Waals surface area contributed by atoms with Gasteiger partial charge < -0.3 is 4.90 Å². The van der Waals surface area contributed by atoms with Gasteiger partial charge in [0.25, 0.3) is 5.91 Å². The summed E-state index contributed by atoms with van der Waals surface area (Å²) in [5, 5.41) is 0.435. The van der Waals surface area contributed by atoms with E-state index in [9.17, 15) is 18.0 Å². The minimum absolute atomic E-state index is 0.183. The summed E-state index contributed by atoms with van der Waals surface area (Å²) < 4.78 is 37.8.